The SMILES string of the molecule is Cc1ccccc1Nc1ccc(/C=N/NC(=O)c2c(Br)cnn2C)cc1. The van der Waals surface area contributed by atoms with Gasteiger partial charge in [-0.1, -0.05) is 30.3 Å². The van der Waals surface area contributed by atoms with Gasteiger partial charge in [0, 0.05) is 18.4 Å². The quantitative estimate of drug-likeness (QED) is 0.492. The monoisotopic (exact) mass is 411 g/mol. The minimum absolute atomic E-state index is 0.328. The zero-order valence-corrected chi connectivity index (χ0v) is 16.0. The van der Waals surface area contributed by atoms with Crippen molar-refractivity contribution in [2.75, 3.05) is 5.32 Å². The average molecular weight is 412 g/mol. The predicted octanol–water partition coefficient (Wildman–Crippen LogP) is 4.00. The number of aromatic nitrogens is 2. The van der Waals surface area contributed by atoms with E-state index in [0.717, 1.165) is 16.9 Å². The molecule has 2 N–H and O–H groups in total. The fraction of sp³-hybridized carbons (Fsp3) is 0.105. The van der Waals surface area contributed by atoms with Crippen LogP contribution in [0.15, 0.2) is 64.3 Å². The lowest BCUT2D eigenvalue weighted by Crippen LogP contribution is -2.21. The number of aryl methyl sites for hydroxylation is 2. The molecule has 6 nitrogen and oxygen atoms in total. The summed E-state index contributed by atoms with van der Waals surface area (Å²) in [6, 6.07) is 15.9. The number of carbonyl (C=O) groups excluding carboxylic acids is 1. The Morgan fingerprint density at radius 3 is 2.58 bits per heavy atom. The summed E-state index contributed by atoms with van der Waals surface area (Å²) in [4.78, 5) is 12.1. The van der Waals surface area contributed by atoms with Crippen LogP contribution >= 0.6 is 15.9 Å². The van der Waals surface area contributed by atoms with Crippen LogP contribution in [0.25, 0.3) is 0 Å². The number of benzene rings is 2. The van der Waals surface area contributed by atoms with E-state index in [1.165, 1.54) is 10.2 Å². The fourth-order valence-corrected chi connectivity index (χ4v) is 2.93. The van der Waals surface area contributed by atoms with E-state index < -0.39 is 0 Å². The molecule has 1 aromatic heterocycles. The Labute approximate surface area is 160 Å². The molecule has 0 spiro atoms. The second kappa shape index (κ2) is 7.97. The minimum atomic E-state index is -0.328. The van der Waals surface area contributed by atoms with Crippen LogP contribution < -0.4 is 10.7 Å². The highest BCUT2D eigenvalue weighted by atomic mass is 79.9. The van der Waals surface area contributed by atoms with E-state index >= 15 is 0 Å². The number of rotatable bonds is 5. The smallest absolute Gasteiger partial charge is 0.290 e. The number of nitrogens with one attached hydrogen (secondary N) is 2. The number of para-hydroxylation sites is 1. The van der Waals surface area contributed by atoms with Gasteiger partial charge >= 0.3 is 0 Å². The second-order valence-corrected chi connectivity index (χ2v) is 6.58. The number of carbonyl (C=O) groups is 1. The molecule has 0 aliphatic rings. The van der Waals surface area contributed by atoms with Gasteiger partial charge in [0.2, 0.25) is 0 Å². The van der Waals surface area contributed by atoms with Gasteiger partial charge in [-0.05, 0) is 52.2 Å². The van der Waals surface area contributed by atoms with Crippen LogP contribution in [0.4, 0.5) is 11.4 Å². The van der Waals surface area contributed by atoms with Crippen molar-refractivity contribution in [1.82, 2.24) is 15.2 Å². The van der Waals surface area contributed by atoms with Gasteiger partial charge in [0.25, 0.3) is 5.91 Å². The molecule has 0 fully saturated rings. The van der Waals surface area contributed by atoms with E-state index in [2.05, 4.69) is 49.9 Å². The highest BCUT2D eigenvalue weighted by Gasteiger charge is 2.14. The van der Waals surface area contributed by atoms with Crippen LogP contribution in [-0.2, 0) is 7.05 Å². The molecule has 3 aromatic rings. The van der Waals surface area contributed by atoms with Crippen molar-refractivity contribution in [1.29, 1.82) is 0 Å². The minimum Gasteiger partial charge on any atom is -0.355 e. The van der Waals surface area contributed by atoms with Crippen LogP contribution in [-0.4, -0.2) is 21.9 Å². The van der Waals surface area contributed by atoms with Crippen LogP contribution in [0, 0.1) is 6.92 Å². The first-order valence-electron chi connectivity index (χ1n) is 7.98. The van der Waals surface area contributed by atoms with E-state index in [1.54, 1.807) is 19.5 Å². The maximum absolute atomic E-state index is 12.1. The molecule has 2 aromatic carbocycles. The zero-order chi connectivity index (χ0) is 18.5. The summed E-state index contributed by atoms with van der Waals surface area (Å²) in [5, 5.41) is 11.4. The molecule has 0 unspecified atom stereocenters. The molecular weight excluding hydrogens is 394 g/mol. The molecule has 0 radical (unpaired) electrons. The van der Waals surface area contributed by atoms with Crippen LogP contribution in [0.5, 0.6) is 0 Å². The summed E-state index contributed by atoms with van der Waals surface area (Å²) < 4.78 is 2.11. The summed E-state index contributed by atoms with van der Waals surface area (Å²) in [6.07, 6.45) is 3.17. The molecular formula is C19H18BrN5O. The number of amides is 1. The van der Waals surface area contributed by atoms with Crippen molar-refractivity contribution in [2.45, 2.75) is 6.92 Å². The van der Waals surface area contributed by atoms with Crippen molar-refractivity contribution in [3.63, 3.8) is 0 Å². The Balaban J connectivity index is 1.61. The molecule has 1 heterocycles. The first-order valence-corrected chi connectivity index (χ1v) is 8.77. The molecule has 0 aliphatic heterocycles. The summed E-state index contributed by atoms with van der Waals surface area (Å²) in [6.45, 7) is 2.06. The van der Waals surface area contributed by atoms with Gasteiger partial charge in [-0.2, -0.15) is 10.2 Å². The molecule has 0 aliphatic carbocycles. The molecule has 0 atom stereocenters. The van der Waals surface area contributed by atoms with Gasteiger partial charge in [0.1, 0.15) is 5.69 Å². The first kappa shape index (κ1) is 17.9. The van der Waals surface area contributed by atoms with E-state index in [4.69, 9.17) is 0 Å². The number of hydrogen-bond acceptors (Lipinski definition) is 4. The molecule has 0 saturated carbocycles. The standard InChI is InChI=1S/C19H18BrN5O/c1-13-5-3-4-6-17(13)23-15-9-7-14(8-10-15)11-21-24-19(26)18-16(20)12-22-25(18)2/h3-12,23H,1-2H3,(H,24,26)/b21-11+. The summed E-state index contributed by atoms with van der Waals surface area (Å²) in [5.74, 6) is -0.328. The number of hydrazone groups is 1. The first-order chi connectivity index (χ1) is 12.5. The molecule has 26 heavy (non-hydrogen) atoms. The van der Waals surface area contributed by atoms with Crippen molar-refractivity contribution in [3.05, 3.63) is 76.0 Å². The predicted molar refractivity (Wildman–Crippen MR) is 107 cm³/mol. The second-order valence-electron chi connectivity index (χ2n) is 5.73. The van der Waals surface area contributed by atoms with E-state index in [-0.39, 0.29) is 5.91 Å². The Morgan fingerprint density at radius 2 is 1.92 bits per heavy atom. The Kier molecular flexibility index (Phi) is 5.48. The Hall–Kier alpha value is -2.93. The maximum atomic E-state index is 12.1. The van der Waals surface area contributed by atoms with Crippen molar-refractivity contribution in [3.8, 4) is 0 Å². The lowest BCUT2D eigenvalue weighted by atomic mass is 10.2. The van der Waals surface area contributed by atoms with Crippen LogP contribution in [0.3, 0.4) is 0 Å². The Morgan fingerprint density at radius 1 is 1.19 bits per heavy atom. The molecule has 0 bridgehead atoms. The number of hydrogen-bond donors (Lipinski definition) is 2. The normalized spacial score (nSPS) is 10.9. The third-order valence-corrected chi connectivity index (χ3v) is 4.40. The largest absolute Gasteiger partial charge is 0.355 e. The van der Waals surface area contributed by atoms with Crippen LogP contribution in [0.2, 0.25) is 0 Å². The number of anilines is 2. The topological polar surface area (TPSA) is 71.3 Å². The van der Waals surface area contributed by atoms with Crippen molar-refractivity contribution >= 4 is 39.4 Å². The third kappa shape index (κ3) is 4.18. The molecule has 1 amide bonds. The average Bonchev–Trinajstić information content (AvgIpc) is 2.97. The van der Waals surface area contributed by atoms with Gasteiger partial charge in [-0.15, -0.1) is 0 Å². The third-order valence-electron chi connectivity index (χ3n) is 3.82. The van der Waals surface area contributed by atoms with Gasteiger partial charge in [-0.3, -0.25) is 9.48 Å². The lowest BCUT2D eigenvalue weighted by molar-refractivity contribution is 0.0945. The summed E-state index contributed by atoms with van der Waals surface area (Å²) in [7, 11) is 1.70. The molecule has 3 rings (SSSR count). The van der Waals surface area contributed by atoms with E-state index in [0.29, 0.717) is 10.2 Å². The fourth-order valence-electron chi connectivity index (χ4n) is 2.41. The highest BCUT2D eigenvalue weighted by Crippen LogP contribution is 2.20. The number of nitrogens with zero attached hydrogens (tertiary/aromatic N) is 3. The van der Waals surface area contributed by atoms with Gasteiger partial charge in [-0.25, -0.2) is 5.43 Å². The molecule has 7 heteroatoms. The number of halogens is 1. The van der Waals surface area contributed by atoms with Crippen molar-refractivity contribution in [2.24, 2.45) is 12.1 Å². The summed E-state index contributed by atoms with van der Waals surface area (Å²) >= 11 is 3.29. The zero-order valence-electron chi connectivity index (χ0n) is 14.4. The highest BCUT2D eigenvalue weighted by molar-refractivity contribution is 9.10. The van der Waals surface area contributed by atoms with Crippen LogP contribution in [0.1, 0.15) is 21.6 Å². The molecule has 132 valence electrons. The van der Waals surface area contributed by atoms with Gasteiger partial charge < -0.3 is 5.32 Å². The van der Waals surface area contributed by atoms with E-state index in [9.17, 15) is 4.79 Å². The van der Waals surface area contributed by atoms with E-state index in [1.807, 2.05) is 42.5 Å². The van der Waals surface area contributed by atoms with Crippen molar-refractivity contribution < 1.29 is 4.79 Å². The Bertz CT molecular complexity index is 927. The molecule has 0 saturated heterocycles. The maximum Gasteiger partial charge on any atom is 0.290 e. The van der Waals surface area contributed by atoms with Gasteiger partial charge in [0.05, 0.1) is 16.9 Å². The lowest BCUT2D eigenvalue weighted by Gasteiger charge is -2.09. The summed E-state index contributed by atoms with van der Waals surface area (Å²) in [5.41, 5.74) is 7.04. The van der Waals surface area contributed by atoms with Gasteiger partial charge in [0.15, 0.2) is 0 Å².